The third-order valence-corrected chi connectivity index (χ3v) is 6.61. The van der Waals surface area contributed by atoms with E-state index in [-0.39, 0.29) is 12.1 Å². The van der Waals surface area contributed by atoms with Gasteiger partial charge in [-0.15, -0.1) is 0 Å². The molecule has 0 aliphatic carbocycles. The normalized spacial score (nSPS) is 12.9. The van der Waals surface area contributed by atoms with Gasteiger partial charge in [0, 0.05) is 41.2 Å². The number of H-pyrrole nitrogens is 1. The molecule has 38 heavy (non-hydrogen) atoms. The Bertz CT molecular complexity index is 1380. The smallest absolute Gasteiger partial charge is 0.128 e. The summed E-state index contributed by atoms with van der Waals surface area (Å²) < 4.78 is 10.9. The fourth-order valence-electron chi connectivity index (χ4n) is 4.59. The molecule has 0 bridgehead atoms. The van der Waals surface area contributed by atoms with E-state index in [4.69, 9.17) is 9.26 Å². The molecule has 0 saturated carbocycles. The van der Waals surface area contributed by atoms with Gasteiger partial charge in [-0.3, -0.25) is 0 Å². The Morgan fingerprint density at radius 1 is 1.18 bits per heavy atom. The Morgan fingerprint density at radius 3 is 2.74 bits per heavy atom. The number of allylic oxidation sites excluding steroid dienone is 2. The van der Waals surface area contributed by atoms with E-state index in [1.54, 1.807) is 6.07 Å². The molecule has 0 aliphatic rings. The average molecular weight is 512 g/mol. The zero-order chi connectivity index (χ0) is 27.1. The highest BCUT2D eigenvalue weighted by molar-refractivity contribution is 5.81. The number of hydrogen-bond acceptors (Lipinski definition) is 5. The monoisotopic (exact) mass is 511 g/mol. The third-order valence-electron chi connectivity index (χ3n) is 6.61. The van der Waals surface area contributed by atoms with Crippen LogP contribution in [0.25, 0.3) is 16.8 Å². The minimum atomic E-state index is -0.675. The average Bonchev–Trinajstić information content (AvgIpc) is 3.56. The topological polar surface area (TPSA) is 83.3 Å². The predicted molar refractivity (Wildman–Crippen MR) is 153 cm³/mol. The molecular weight excluding hydrogens is 474 g/mol. The first kappa shape index (κ1) is 27.2. The zero-order valence-corrected chi connectivity index (χ0v) is 22.6. The van der Waals surface area contributed by atoms with E-state index in [9.17, 15) is 5.11 Å². The summed E-state index contributed by atoms with van der Waals surface area (Å²) in [6.45, 7) is 13.0. The van der Waals surface area contributed by atoms with E-state index in [1.807, 2.05) is 30.3 Å². The van der Waals surface area contributed by atoms with Gasteiger partial charge in [-0.2, -0.15) is 0 Å². The third kappa shape index (κ3) is 6.71. The number of para-hydroxylation sites is 1. The van der Waals surface area contributed by atoms with Crippen molar-refractivity contribution in [3.05, 3.63) is 114 Å². The van der Waals surface area contributed by atoms with Gasteiger partial charge in [0.2, 0.25) is 0 Å². The molecule has 2 heterocycles. The van der Waals surface area contributed by atoms with Crippen LogP contribution in [-0.4, -0.2) is 40.0 Å². The van der Waals surface area contributed by atoms with Gasteiger partial charge in [-0.1, -0.05) is 65.8 Å². The van der Waals surface area contributed by atoms with Gasteiger partial charge < -0.3 is 24.7 Å². The molecule has 0 radical (unpaired) electrons. The van der Waals surface area contributed by atoms with Crippen LogP contribution in [0.1, 0.15) is 41.8 Å². The molecule has 6 nitrogen and oxygen atoms in total. The number of β-amino-alcohol motifs (C(OH)–C–C–N with tert-alkyl or cyclic N) is 1. The molecule has 1 unspecified atom stereocenters. The number of aliphatic hydroxyl groups excluding tert-OH is 1. The van der Waals surface area contributed by atoms with Gasteiger partial charge in [-0.25, -0.2) is 0 Å². The summed E-state index contributed by atoms with van der Waals surface area (Å²) in [5.41, 5.74) is 8.33. The lowest BCUT2D eigenvalue weighted by atomic mass is 9.92. The number of benzene rings is 2. The first-order valence-corrected chi connectivity index (χ1v) is 12.9. The van der Waals surface area contributed by atoms with Crippen LogP contribution in [0, 0.1) is 13.8 Å². The van der Waals surface area contributed by atoms with E-state index in [1.165, 1.54) is 23.0 Å². The number of nitrogens with one attached hydrogen (secondary N) is 2. The van der Waals surface area contributed by atoms with E-state index in [2.05, 4.69) is 86.3 Å². The second-order valence-corrected chi connectivity index (χ2v) is 10.3. The maximum absolute atomic E-state index is 10.7. The van der Waals surface area contributed by atoms with Gasteiger partial charge in [0.05, 0.1) is 0 Å². The van der Waals surface area contributed by atoms with Crippen molar-refractivity contribution in [1.82, 2.24) is 15.5 Å². The molecule has 3 N–H and O–H groups in total. The van der Waals surface area contributed by atoms with Crippen molar-refractivity contribution < 1.29 is 14.4 Å². The molecule has 198 valence electrons. The standard InChI is InChI=1S/C32H37N3O3/c1-6-10-27(24-12-9-11-22(2)17-24)31-23(3)25(19-33-31)18-32(4,5)34-20-26(36)21-37-30-14-8-7-13-28(30)29-15-16-38-35-29/h6-17,19,26,33-34,36H,1,18,20-21H2,2-5H3/b27-10-. The van der Waals surface area contributed by atoms with E-state index < -0.39 is 6.10 Å². The van der Waals surface area contributed by atoms with Gasteiger partial charge in [0.1, 0.15) is 30.4 Å². The molecule has 2 aromatic heterocycles. The number of nitrogens with zero attached hydrogens (tertiary/aromatic N) is 1. The van der Waals surface area contributed by atoms with Gasteiger partial charge in [0.15, 0.2) is 0 Å². The lowest BCUT2D eigenvalue weighted by Gasteiger charge is -2.28. The van der Waals surface area contributed by atoms with Crippen molar-refractivity contribution in [1.29, 1.82) is 0 Å². The summed E-state index contributed by atoms with van der Waals surface area (Å²) in [5, 5.41) is 18.2. The zero-order valence-electron chi connectivity index (χ0n) is 22.6. The van der Waals surface area contributed by atoms with Gasteiger partial charge in [0.25, 0.3) is 0 Å². The van der Waals surface area contributed by atoms with Gasteiger partial charge >= 0.3 is 0 Å². The number of aliphatic hydroxyl groups is 1. The summed E-state index contributed by atoms with van der Waals surface area (Å²) >= 11 is 0. The maximum Gasteiger partial charge on any atom is 0.128 e. The molecule has 0 aliphatic heterocycles. The molecule has 0 spiro atoms. The number of rotatable bonds is 12. The Kier molecular flexibility index (Phi) is 8.66. The fraction of sp³-hybridized carbons (Fsp3) is 0.281. The van der Waals surface area contributed by atoms with Crippen molar-refractivity contribution in [2.45, 2.75) is 45.8 Å². The summed E-state index contributed by atoms with van der Waals surface area (Å²) in [6.07, 6.45) is 7.62. The Balaban J connectivity index is 1.37. The summed E-state index contributed by atoms with van der Waals surface area (Å²) in [4.78, 5) is 3.49. The number of aromatic amines is 1. The molecule has 0 fully saturated rings. The first-order valence-electron chi connectivity index (χ1n) is 12.9. The summed E-state index contributed by atoms with van der Waals surface area (Å²) in [7, 11) is 0. The Labute approximate surface area is 225 Å². The molecule has 0 amide bonds. The maximum atomic E-state index is 10.7. The van der Waals surface area contributed by atoms with Crippen LogP contribution in [0.4, 0.5) is 0 Å². The number of hydrogen-bond donors (Lipinski definition) is 3. The quantitative estimate of drug-likeness (QED) is 0.196. The Morgan fingerprint density at radius 2 is 2.00 bits per heavy atom. The van der Waals surface area contributed by atoms with E-state index >= 15 is 0 Å². The van der Waals surface area contributed by atoms with Crippen molar-refractivity contribution >= 4 is 5.57 Å². The predicted octanol–water partition coefficient (Wildman–Crippen LogP) is 6.25. The van der Waals surface area contributed by atoms with Crippen molar-refractivity contribution in [2.24, 2.45) is 0 Å². The molecule has 2 aromatic carbocycles. The SMILES string of the molecule is C=C/C=C(/c1cccc(C)c1)c1[nH]cc(CC(C)(C)NCC(O)COc2ccccc2-c2ccon2)c1C. The second kappa shape index (κ2) is 12.1. The second-order valence-electron chi connectivity index (χ2n) is 10.3. The van der Waals surface area contributed by atoms with Crippen LogP contribution in [0.15, 0.2) is 90.3 Å². The lowest BCUT2D eigenvalue weighted by Crippen LogP contribution is -2.46. The van der Waals surface area contributed by atoms with Crippen LogP contribution in [0.3, 0.4) is 0 Å². The van der Waals surface area contributed by atoms with E-state index in [0.717, 1.165) is 28.8 Å². The van der Waals surface area contributed by atoms with Crippen molar-refractivity contribution in [2.75, 3.05) is 13.2 Å². The molecule has 4 rings (SSSR count). The highest BCUT2D eigenvalue weighted by atomic mass is 16.5. The number of ether oxygens (including phenoxy) is 1. The highest BCUT2D eigenvalue weighted by Gasteiger charge is 2.23. The molecular formula is C32H37N3O3. The number of aromatic nitrogens is 2. The number of aryl methyl sites for hydroxylation is 1. The largest absolute Gasteiger partial charge is 0.490 e. The Hall–Kier alpha value is -3.87. The van der Waals surface area contributed by atoms with Crippen LogP contribution in [0.5, 0.6) is 5.75 Å². The van der Waals surface area contributed by atoms with Crippen molar-refractivity contribution in [3.63, 3.8) is 0 Å². The van der Waals surface area contributed by atoms with Crippen LogP contribution in [-0.2, 0) is 6.42 Å². The van der Waals surface area contributed by atoms with Gasteiger partial charge in [-0.05, 0) is 62.9 Å². The molecule has 6 heteroatoms. The van der Waals surface area contributed by atoms with Crippen LogP contribution < -0.4 is 10.1 Å². The highest BCUT2D eigenvalue weighted by Crippen LogP contribution is 2.30. The first-order chi connectivity index (χ1) is 18.3. The van der Waals surface area contributed by atoms with Crippen LogP contribution >= 0.6 is 0 Å². The lowest BCUT2D eigenvalue weighted by molar-refractivity contribution is 0.0991. The van der Waals surface area contributed by atoms with Crippen LogP contribution in [0.2, 0.25) is 0 Å². The molecule has 4 aromatic rings. The molecule has 0 saturated heterocycles. The van der Waals surface area contributed by atoms with Crippen molar-refractivity contribution in [3.8, 4) is 17.0 Å². The van der Waals surface area contributed by atoms with E-state index in [0.29, 0.717) is 18.0 Å². The minimum Gasteiger partial charge on any atom is -0.490 e. The fourth-order valence-corrected chi connectivity index (χ4v) is 4.59. The molecule has 1 atom stereocenters. The summed E-state index contributed by atoms with van der Waals surface area (Å²) in [6, 6.07) is 17.9. The summed E-state index contributed by atoms with van der Waals surface area (Å²) in [5.74, 6) is 0.659. The minimum absolute atomic E-state index is 0.164.